The van der Waals surface area contributed by atoms with Crippen LogP contribution >= 0.6 is 0 Å². The molecule has 0 amide bonds. The van der Waals surface area contributed by atoms with Crippen molar-refractivity contribution in [2.24, 2.45) is 0 Å². The molecule has 0 radical (unpaired) electrons. The number of hydrogen-bond acceptors (Lipinski definition) is 4. The van der Waals surface area contributed by atoms with Gasteiger partial charge >= 0.3 is 0 Å². The fourth-order valence-corrected chi connectivity index (χ4v) is 3.03. The van der Waals surface area contributed by atoms with Crippen molar-refractivity contribution in [3.8, 4) is 11.5 Å². The monoisotopic (exact) mass is 368 g/mol. The predicted molar refractivity (Wildman–Crippen MR) is 106 cm³/mol. The number of rotatable bonds is 12. The van der Waals surface area contributed by atoms with E-state index in [-0.39, 0.29) is 11.6 Å². The predicted octanol–water partition coefficient (Wildman–Crippen LogP) is 4.58. The molecular weight excluding hydrogens is 340 g/mol. The van der Waals surface area contributed by atoms with Crippen molar-refractivity contribution < 1.29 is 19.1 Å². The molecule has 4 nitrogen and oxygen atoms in total. The first kappa shape index (κ1) is 20.7. The van der Waals surface area contributed by atoms with Crippen molar-refractivity contribution >= 4 is 11.6 Å². The molecule has 0 saturated heterocycles. The maximum Gasteiger partial charge on any atom is 0.137 e. The molecule has 0 heterocycles. The Morgan fingerprint density at radius 1 is 0.778 bits per heavy atom. The van der Waals surface area contributed by atoms with Gasteiger partial charge in [0.25, 0.3) is 0 Å². The van der Waals surface area contributed by atoms with Crippen LogP contribution in [-0.4, -0.2) is 25.8 Å². The first-order chi connectivity index (χ1) is 13.1. The molecule has 0 bridgehead atoms. The molecule has 0 fully saturated rings. The van der Waals surface area contributed by atoms with E-state index in [0.717, 1.165) is 30.4 Å². The smallest absolute Gasteiger partial charge is 0.137 e. The Morgan fingerprint density at radius 3 is 2.07 bits per heavy atom. The molecule has 27 heavy (non-hydrogen) atoms. The van der Waals surface area contributed by atoms with Gasteiger partial charge in [-0.15, -0.1) is 0 Å². The van der Waals surface area contributed by atoms with Gasteiger partial charge in [0.05, 0.1) is 14.2 Å². The number of carbonyl (C=O) groups excluding carboxylic acids is 2. The summed E-state index contributed by atoms with van der Waals surface area (Å²) in [4.78, 5) is 24.2. The number of ketones is 2. The summed E-state index contributed by atoms with van der Waals surface area (Å²) in [5, 5.41) is 0. The first-order valence-electron chi connectivity index (χ1n) is 9.40. The minimum Gasteiger partial charge on any atom is -0.497 e. The van der Waals surface area contributed by atoms with Gasteiger partial charge in [-0.1, -0.05) is 42.8 Å². The molecule has 0 aliphatic heterocycles. The van der Waals surface area contributed by atoms with Gasteiger partial charge in [-0.3, -0.25) is 9.59 Å². The maximum absolute atomic E-state index is 12.2. The molecule has 2 rings (SSSR count). The van der Waals surface area contributed by atoms with Crippen molar-refractivity contribution in [3.63, 3.8) is 0 Å². The standard InChI is InChI=1S/C23H28O4/c1-26-22-14-13-19(23(17-22)27-2)16-21(25)12-8-4-7-11-20(24)15-18-9-5-3-6-10-18/h3,5-6,9-10,13-14,17H,4,7-8,11-12,15-16H2,1-2H3. The quantitative estimate of drug-likeness (QED) is 0.515. The van der Waals surface area contributed by atoms with Gasteiger partial charge in [0.2, 0.25) is 0 Å². The molecule has 2 aromatic carbocycles. The fraction of sp³-hybridized carbons (Fsp3) is 0.391. The molecule has 0 aliphatic rings. The number of unbranched alkanes of at least 4 members (excludes halogenated alkanes) is 2. The van der Waals surface area contributed by atoms with Crippen LogP contribution in [0.15, 0.2) is 48.5 Å². The van der Waals surface area contributed by atoms with Crippen molar-refractivity contribution in [1.82, 2.24) is 0 Å². The highest BCUT2D eigenvalue weighted by atomic mass is 16.5. The highest BCUT2D eigenvalue weighted by Gasteiger charge is 2.10. The summed E-state index contributed by atoms with van der Waals surface area (Å²) in [7, 11) is 3.19. The summed E-state index contributed by atoms with van der Waals surface area (Å²) in [6.45, 7) is 0. The molecule has 0 aliphatic carbocycles. The van der Waals surface area contributed by atoms with E-state index < -0.39 is 0 Å². The van der Waals surface area contributed by atoms with E-state index in [1.165, 1.54) is 0 Å². The highest BCUT2D eigenvalue weighted by molar-refractivity contribution is 5.82. The second-order valence-corrected chi connectivity index (χ2v) is 6.65. The van der Waals surface area contributed by atoms with E-state index in [9.17, 15) is 9.59 Å². The summed E-state index contributed by atoms with van der Waals surface area (Å²) in [6.07, 6.45) is 4.52. The SMILES string of the molecule is COc1ccc(CC(=O)CCCCCC(=O)Cc2ccccc2)c(OC)c1. The van der Waals surface area contributed by atoms with Crippen LogP contribution in [-0.2, 0) is 22.4 Å². The summed E-state index contributed by atoms with van der Waals surface area (Å²) in [6, 6.07) is 15.3. The van der Waals surface area contributed by atoms with E-state index in [0.29, 0.717) is 37.2 Å². The molecule has 0 aromatic heterocycles. The van der Waals surface area contributed by atoms with Crippen LogP contribution in [0.5, 0.6) is 11.5 Å². The minimum atomic E-state index is 0.189. The largest absolute Gasteiger partial charge is 0.497 e. The van der Waals surface area contributed by atoms with Crippen LogP contribution in [0.4, 0.5) is 0 Å². The van der Waals surface area contributed by atoms with Gasteiger partial charge in [0, 0.05) is 37.3 Å². The van der Waals surface area contributed by atoms with E-state index >= 15 is 0 Å². The molecule has 2 aromatic rings. The lowest BCUT2D eigenvalue weighted by atomic mass is 10.0. The Kier molecular flexibility index (Phi) is 8.56. The third kappa shape index (κ3) is 7.26. The fourth-order valence-electron chi connectivity index (χ4n) is 3.03. The summed E-state index contributed by atoms with van der Waals surface area (Å²) < 4.78 is 10.5. The average Bonchev–Trinajstić information content (AvgIpc) is 2.68. The number of ether oxygens (including phenoxy) is 2. The summed E-state index contributed by atoms with van der Waals surface area (Å²) in [5.41, 5.74) is 1.94. The minimum absolute atomic E-state index is 0.189. The second-order valence-electron chi connectivity index (χ2n) is 6.65. The third-order valence-electron chi connectivity index (χ3n) is 4.54. The lowest BCUT2D eigenvalue weighted by Gasteiger charge is -2.10. The van der Waals surface area contributed by atoms with Crippen molar-refractivity contribution in [2.75, 3.05) is 14.2 Å². The summed E-state index contributed by atoms with van der Waals surface area (Å²) in [5.74, 6) is 1.84. The van der Waals surface area contributed by atoms with Gasteiger partial charge < -0.3 is 9.47 Å². The van der Waals surface area contributed by atoms with E-state index in [1.807, 2.05) is 42.5 Å². The van der Waals surface area contributed by atoms with Crippen LogP contribution in [0.3, 0.4) is 0 Å². The molecule has 0 atom stereocenters. The Balaban J connectivity index is 1.65. The summed E-state index contributed by atoms with van der Waals surface area (Å²) >= 11 is 0. The molecule has 0 saturated carbocycles. The molecule has 0 spiro atoms. The average molecular weight is 368 g/mol. The number of Topliss-reactive ketones (excluding diaryl/α,β-unsaturated/α-hetero) is 2. The normalized spacial score (nSPS) is 10.4. The molecular formula is C23H28O4. The van der Waals surface area contributed by atoms with Crippen molar-refractivity contribution in [3.05, 3.63) is 59.7 Å². The Labute approximate surface area is 161 Å². The van der Waals surface area contributed by atoms with Crippen molar-refractivity contribution in [2.45, 2.75) is 44.9 Å². The zero-order valence-electron chi connectivity index (χ0n) is 16.2. The lowest BCUT2D eigenvalue weighted by Crippen LogP contribution is -2.05. The van der Waals surface area contributed by atoms with Gasteiger partial charge in [-0.25, -0.2) is 0 Å². The number of carbonyl (C=O) groups is 2. The Bertz CT molecular complexity index is 737. The maximum atomic E-state index is 12.2. The van der Waals surface area contributed by atoms with Crippen LogP contribution in [0.1, 0.15) is 43.2 Å². The first-order valence-corrected chi connectivity index (χ1v) is 9.40. The van der Waals surface area contributed by atoms with E-state index in [2.05, 4.69) is 0 Å². The topological polar surface area (TPSA) is 52.6 Å². The van der Waals surface area contributed by atoms with Crippen LogP contribution in [0.25, 0.3) is 0 Å². The second kappa shape index (κ2) is 11.2. The van der Waals surface area contributed by atoms with Crippen LogP contribution in [0, 0.1) is 0 Å². The molecule has 144 valence electrons. The molecule has 0 N–H and O–H groups in total. The van der Waals surface area contributed by atoms with Gasteiger partial charge in [-0.05, 0) is 24.5 Å². The number of methoxy groups -OCH3 is 2. The van der Waals surface area contributed by atoms with E-state index in [1.54, 1.807) is 20.3 Å². The number of hydrogen-bond donors (Lipinski definition) is 0. The van der Waals surface area contributed by atoms with Crippen molar-refractivity contribution in [1.29, 1.82) is 0 Å². The van der Waals surface area contributed by atoms with Gasteiger partial charge in [0.15, 0.2) is 0 Å². The third-order valence-corrected chi connectivity index (χ3v) is 4.54. The Hall–Kier alpha value is -2.62. The van der Waals surface area contributed by atoms with Crippen LogP contribution in [0.2, 0.25) is 0 Å². The zero-order valence-corrected chi connectivity index (χ0v) is 16.2. The molecule has 0 unspecified atom stereocenters. The number of benzene rings is 2. The Morgan fingerprint density at radius 2 is 1.44 bits per heavy atom. The van der Waals surface area contributed by atoms with Gasteiger partial charge in [0.1, 0.15) is 23.1 Å². The van der Waals surface area contributed by atoms with Crippen LogP contribution < -0.4 is 9.47 Å². The van der Waals surface area contributed by atoms with E-state index in [4.69, 9.17) is 9.47 Å². The zero-order chi connectivity index (χ0) is 19.5. The van der Waals surface area contributed by atoms with Gasteiger partial charge in [-0.2, -0.15) is 0 Å². The highest BCUT2D eigenvalue weighted by Crippen LogP contribution is 2.25. The lowest BCUT2D eigenvalue weighted by molar-refractivity contribution is -0.118. The molecule has 4 heteroatoms.